The standard InChI is InChI=1S/C18H24N4O2S/c1-3-12(2)17(23)21-14-6-4-5-13(9-14)10-20-18(24)15-11-25-16(22-15)7-8-19/h4-6,9,11-12H,3,7-8,10,19H2,1-2H3,(H,20,24)(H,21,23). The molecule has 0 aliphatic carbocycles. The molecule has 2 amide bonds. The molecule has 0 aliphatic heterocycles. The molecule has 134 valence electrons. The third kappa shape index (κ3) is 5.65. The molecule has 0 bridgehead atoms. The minimum atomic E-state index is -0.214. The van der Waals surface area contributed by atoms with Crippen molar-refractivity contribution in [1.29, 1.82) is 0 Å². The SMILES string of the molecule is CCC(C)C(=O)Nc1cccc(CNC(=O)c2csc(CCN)n2)c1. The Morgan fingerprint density at radius 1 is 1.36 bits per heavy atom. The van der Waals surface area contributed by atoms with Crippen LogP contribution >= 0.6 is 11.3 Å². The van der Waals surface area contributed by atoms with Gasteiger partial charge in [-0.05, 0) is 30.7 Å². The summed E-state index contributed by atoms with van der Waals surface area (Å²) >= 11 is 1.44. The number of carbonyl (C=O) groups is 2. The lowest BCUT2D eigenvalue weighted by molar-refractivity contribution is -0.119. The third-order valence-electron chi connectivity index (χ3n) is 3.85. The Kier molecular flexibility index (Phi) is 7.09. The Morgan fingerprint density at radius 2 is 2.16 bits per heavy atom. The molecule has 4 N–H and O–H groups in total. The number of carbonyl (C=O) groups excluding carboxylic acids is 2. The van der Waals surface area contributed by atoms with Crippen molar-refractivity contribution < 1.29 is 9.59 Å². The summed E-state index contributed by atoms with van der Waals surface area (Å²) in [6, 6.07) is 7.46. The van der Waals surface area contributed by atoms with Crippen molar-refractivity contribution in [3.05, 3.63) is 45.9 Å². The zero-order valence-corrected chi connectivity index (χ0v) is 15.4. The van der Waals surface area contributed by atoms with Crippen molar-refractivity contribution in [3.63, 3.8) is 0 Å². The van der Waals surface area contributed by atoms with Gasteiger partial charge in [-0.15, -0.1) is 11.3 Å². The highest BCUT2D eigenvalue weighted by atomic mass is 32.1. The van der Waals surface area contributed by atoms with Crippen LogP contribution in [0.4, 0.5) is 5.69 Å². The predicted octanol–water partition coefficient (Wildman–Crippen LogP) is 2.56. The van der Waals surface area contributed by atoms with Crippen LogP contribution in [0.5, 0.6) is 0 Å². The van der Waals surface area contributed by atoms with Crippen molar-refractivity contribution in [2.75, 3.05) is 11.9 Å². The van der Waals surface area contributed by atoms with Gasteiger partial charge >= 0.3 is 0 Å². The van der Waals surface area contributed by atoms with Crippen molar-refractivity contribution in [2.24, 2.45) is 11.7 Å². The van der Waals surface area contributed by atoms with E-state index in [9.17, 15) is 9.59 Å². The lowest BCUT2D eigenvalue weighted by Gasteiger charge is -2.11. The highest BCUT2D eigenvalue weighted by molar-refractivity contribution is 7.09. The molecule has 0 saturated heterocycles. The fourth-order valence-corrected chi connectivity index (χ4v) is 2.93. The first-order chi connectivity index (χ1) is 12.0. The molecule has 2 rings (SSSR count). The van der Waals surface area contributed by atoms with Gasteiger partial charge in [-0.2, -0.15) is 0 Å². The van der Waals surface area contributed by atoms with Crippen LogP contribution in [0.25, 0.3) is 0 Å². The van der Waals surface area contributed by atoms with Crippen LogP contribution in [0.2, 0.25) is 0 Å². The zero-order chi connectivity index (χ0) is 18.2. The van der Waals surface area contributed by atoms with Crippen LogP contribution < -0.4 is 16.4 Å². The summed E-state index contributed by atoms with van der Waals surface area (Å²) in [5.74, 6) is -0.247. The number of hydrogen-bond acceptors (Lipinski definition) is 5. The van der Waals surface area contributed by atoms with E-state index in [0.29, 0.717) is 25.2 Å². The number of benzene rings is 1. The van der Waals surface area contributed by atoms with Crippen molar-refractivity contribution in [1.82, 2.24) is 10.3 Å². The van der Waals surface area contributed by atoms with E-state index in [1.165, 1.54) is 11.3 Å². The number of anilines is 1. The molecule has 0 spiro atoms. The van der Waals surface area contributed by atoms with Crippen LogP contribution in [-0.4, -0.2) is 23.3 Å². The number of amides is 2. The summed E-state index contributed by atoms with van der Waals surface area (Å²) in [6.07, 6.45) is 1.47. The maximum absolute atomic E-state index is 12.2. The molecular formula is C18H24N4O2S. The van der Waals surface area contributed by atoms with E-state index in [-0.39, 0.29) is 17.7 Å². The van der Waals surface area contributed by atoms with Gasteiger partial charge in [-0.1, -0.05) is 26.0 Å². The van der Waals surface area contributed by atoms with Gasteiger partial charge < -0.3 is 16.4 Å². The summed E-state index contributed by atoms with van der Waals surface area (Å²) in [4.78, 5) is 28.4. The quantitative estimate of drug-likeness (QED) is 0.674. The second-order valence-electron chi connectivity index (χ2n) is 5.85. The monoisotopic (exact) mass is 360 g/mol. The lowest BCUT2D eigenvalue weighted by Crippen LogP contribution is -2.23. The van der Waals surface area contributed by atoms with E-state index in [1.807, 2.05) is 38.1 Å². The van der Waals surface area contributed by atoms with Gasteiger partial charge in [0.15, 0.2) is 0 Å². The smallest absolute Gasteiger partial charge is 0.271 e. The molecule has 1 heterocycles. The van der Waals surface area contributed by atoms with E-state index in [4.69, 9.17) is 5.73 Å². The third-order valence-corrected chi connectivity index (χ3v) is 4.76. The molecule has 0 radical (unpaired) electrons. The number of hydrogen-bond donors (Lipinski definition) is 3. The lowest BCUT2D eigenvalue weighted by atomic mass is 10.1. The molecule has 0 fully saturated rings. The van der Waals surface area contributed by atoms with Crippen LogP contribution in [0.15, 0.2) is 29.6 Å². The molecule has 0 saturated carbocycles. The molecule has 1 atom stereocenters. The summed E-state index contributed by atoms with van der Waals surface area (Å²) in [6.45, 7) is 4.76. The number of thiazole rings is 1. The minimum Gasteiger partial charge on any atom is -0.347 e. The average molecular weight is 360 g/mol. The van der Waals surface area contributed by atoms with Gasteiger partial charge in [-0.25, -0.2) is 4.98 Å². The Labute approximate surface area is 151 Å². The molecule has 0 aliphatic rings. The Bertz CT molecular complexity index is 729. The molecular weight excluding hydrogens is 336 g/mol. The van der Waals surface area contributed by atoms with E-state index in [1.54, 1.807) is 5.38 Å². The topological polar surface area (TPSA) is 97.1 Å². The number of aromatic nitrogens is 1. The summed E-state index contributed by atoms with van der Waals surface area (Å²) in [7, 11) is 0. The molecule has 25 heavy (non-hydrogen) atoms. The van der Waals surface area contributed by atoms with E-state index < -0.39 is 0 Å². The summed E-state index contributed by atoms with van der Waals surface area (Å²) in [5.41, 5.74) is 7.55. The Hall–Kier alpha value is -2.25. The number of rotatable bonds is 8. The van der Waals surface area contributed by atoms with Crippen LogP contribution in [0.3, 0.4) is 0 Å². The van der Waals surface area contributed by atoms with Crippen molar-refractivity contribution in [2.45, 2.75) is 33.2 Å². The van der Waals surface area contributed by atoms with Crippen molar-refractivity contribution >= 4 is 28.8 Å². The normalized spacial score (nSPS) is 11.8. The zero-order valence-electron chi connectivity index (χ0n) is 14.5. The van der Waals surface area contributed by atoms with Gasteiger partial charge in [0.2, 0.25) is 5.91 Å². The summed E-state index contributed by atoms with van der Waals surface area (Å²) in [5, 5.41) is 8.34. The molecule has 7 heteroatoms. The first-order valence-electron chi connectivity index (χ1n) is 8.36. The van der Waals surface area contributed by atoms with E-state index in [0.717, 1.165) is 22.7 Å². The molecule has 1 aromatic heterocycles. The number of nitrogens with one attached hydrogen (secondary N) is 2. The second-order valence-corrected chi connectivity index (χ2v) is 6.79. The highest BCUT2D eigenvalue weighted by Crippen LogP contribution is 2.14. The van der Waals surface area contributed by atoms with Gasteiger partial charge in [0, 0.05) is 30.0 Å². The second kappa shape index (κ2) is 9.29. The number of nitrogens with two attached hydrogens (primary N) is 1. The van der Waals surface area contributed by atoms with Gasteiger partial charge in [0.1, 0.15) is 5.69 Å². The molecule has 1 aromatic carbocycles. The predicted molar refractivity (Wildman–Crippen MR) is 101 cm³/mol. The van der Waals surface area contributed by atoms with Gasteiger partial charge in [0.05, 0.1) is 5.01 Å². The fraction of sp³-hybridized carbons (Fsp3) is 0.389. The van der Waals surface area contributed by atoms with Gasteiger partial charge in [0.25, 0.3) is 5.91 Å². The molecule has 1 unspecified atom stereocenters. The Morgan fingerprint density at radius 3 is 2.88 bits per heavy atom. The largest absolute Gasteiger partial charge is 0.347 e. The first kappa shape index (κ1) is 19.1. The van der Waals surface area contributed by atoms with Crippen LogP contribution in [0, 0.1) is 5.92 Å². The van der Waals surface area contributed by atoms with Crippen LogP contribution in [-0.2, 0) is 17.8 Å². The van der Waals surface area contributed by atoms with E-state index in [2.05, 4.69) is 15.6 Å². The maximum Gasteiger partial charge on any atom is 0.271 e. The Balaban J connectivity index is 1.92. The molecule has 2 aromatic rings. The fourth-order valence-electron chi connectivity index (χ4n) is 2.14. The van der Waals surface area contributed by atoms with Gasteiger partial charge in [-0.3, -0.25) is 9.59 Å². The van der Waals surface area contributed by atoms with E-state index >= 15 is 0 Å². The minimum absolute atomic E-state index is 0.00130. The average Bonchev–Trinajstić information content (AvgIpc) is 3.08. The highest BCUT2D eigenvalue weighted by Gasteiger charge is 2.12. The molecule has 6 nitrogen and oxygen atoms in total. The van der Waals surface area contributed by atoms with Crippen LogP contribution in [0.1, 0.15) is 41.3 Å². The maximum atomic E-state index is 12.2. The first-order valence-corrected chi connectivity index (χ1v) is 9.24. The summed E-state index contributed by atoms with van der Waals surface area (Å²) < 4.78 is 0. The number of nitrogens with zero attached hydrogens (tertiary/aromatic N) is 1. The van der Waals surface area contributed by atoms with Crippen molar-refractivity contribution in [3.8, 4) is 0 Å².